The Kier molecular flexibility index (Phi) is 3.60. The molecule has 3 atom stereocenters. The second-order valence-corrected chi connectivity index (χ2v) is 6.61. The quantitative estimate of drug-likeness (QED) is 0.781. The topological polar surface area (TPSA) is 23.5 Å². The molecule has 2 rings (SSSR count). The highest BCUT2D eigenvalue weighted by Crippen LogP contribution is 2.34. The Bertz CT molecular complexity index is 239. The summed E-state index contributed by atoms with van der Waals surface area (Å²) in [4.78, 5) is 2.60. The third-order valence-electron chi connectivity index (χ3n) is 4.73. The number of hydrogen-bond acceptors (Lipinski definition) is 2. The van der Waals surface area contributed by atoms with Gasteiger partial charge in [-0.2, -0.15) is 0 Å². The minimum atomic E-state index is -0.0485. The molecule has 0 bridgehead atoms. The molecule has 0 aromatic heterocycles. The zero-order valence-corrected chi connectivity index (χ0v) is 11.1. The van der Waals surface area contributed by atoms with Crippen LogP contribution in [0.15, 0.2) is 0 Å². The molecule has 0 aromatic carbocycles. The van der Waals surface area contributed by atoms with Crippen LogP contribution in [0.5, 0.6) is 0 Å². The van der Waals surface area contributed by atoms with E-state index < -0.39 is 0 Å². The zero-order valence-electron chi connectivity index (χ0n) is 11.1. The molecule has 94 valence electrons. The molecule has 3 unspecified atom stereocenters. The molecule has 0 radical (unpaired) electrons. The highest BCUT2D eigenvalue weighted by atomic mass is 16.3. The van der Waals surface area contributed by atoms with Gasteiger partial charge in [0.2, 0.25) is 0 Å². The number of hydrogen-bond donors (Lipinski definition) is 1. The van der Waals surface area contributed by atoms with Crippen molar-refractivity contribution in [2.75, 3.05) is 13.1 Å². The third kappa shape index (κ3) is 2.60. The molecule has 2 aliphatic rings. The summed E-state index contributed by atoms with van der Waals surface area (Å²) in [6, 6.07) is 0. The molecule has 16 heavy (non-hydrogen) atoms. The van der Waals surface area contributed by atoms with E-state index >= 15 is 0 Å². The van der Waals surface area contributed by atoms with Gasteiger partial charge < -0.3 is 5.11 Å². The first kappa shape index (κ1) is 12.4. The molecule has 0 aromatic rings. The summed E-state index contributed by atoms with van der Waals surface area (Å²) in [5.41, 5.74) is 0.362. The van der Waals surface area contributed by atoms with Crippen LogP contribution in [0.2, 0.25) is 0 Å². The van der Waals surface area contributed by atoms with Gasteiger partial charge in [-0.05, 0) is 64.3 Å². The summed E-state index contributed by atoms with van der Waals surface area (Å²) in [5, 5.41) is 10.1. The average molecular weight is 225 g/mol. The molecule has 1 saturated carbocycles. The monoisotopic (exact) mass is 225 g/mol. The van der Waals surface area contributed by atoms with Gasteiger partial charge in [0, 0.05) is 12.1 Å². The van der Waals surface area contributed by atoms with Crippen molar-refractivity contribution in [2.45, 2.75) is 64.5 Å². The Labute approximate surface area is 100 Å². The lowest BCUT2D eigenvalue weighted by molar-refractivity contribution is 0.0183. The summed E-state index contributed by atoms with van der Waals surface area (Å²) < 4.78 is 0. The minimum Gasteiger partial charge on any atom is -0.393 e. The van der Waals surface area contributed by atoms with Crippen LogP contribution in [-0.2, 0) is 0 Å². The van der Waals surface area contributed by atoms with Crippen LogP contribution >= 0.6 is 0 Å². The fraction of sp³-hybridized carbons (Fsp3) is 1.00. The maximum Gasteiger partial charge on any atom is 0.0580 e. The van der Waals surface area contributed by atoms with Crippen LogP contribution < -0.4 is 0 Å². The van der Waals surface area contributed by atoms with Gasteiger partial charge in [0.05, 0.1) is 6.10 Å². The summed E-state index contributed by atoms with van der Waals surface area (Å²) in [5.74, 6) is 1.32. The first-order chi connectivity index (χ1) is 7.49. The first-order valence-electron chi connectivity index (χ1n) is 6.92. The molecular formula is C14H27NO. The Balaban J connectivity index is 1.92. The van der Waals surface area contributed by atoms with Crippen LogP contribution in [0.4, 0.5) is 0 Å². The van der Waals surface area contributed by atoms with Crippen LogP contribution in [0.3, 0.4) is 0 Å². The molecule has 2 nitrogen and oxygen atoms in total. The van der Waals surface area contributed by atoms with Crippen molar-refractivity contribution in [1.82, 2.24) is 4.90 Å². The number of aliphatic hydroxyl groups excluding tert-OH is 1. The van der Waals surface area contributed by atoms with E-state index in [0.717, 1.165) is 18.9 Å². The number of nitrogens with zero attached hydrogens (tertiary/aromatic N) is 1. The molecular weight excluding hydrogens is 198 g/mol. The van der Waals surface area contributed by atoms with E-state index in [0.29, 0.717) is 11.5 Å². The van der Waals surface area contributed by atoms with Gasteiger partial charge in [-0.15, -0.1) is 0 Å². The molecule has 1 N–H and O–H groups in total. The minimum absolute atomic E-state index is 0.0485. The van der Waals surface area contributed by atoms with Crippen LogP contribution in [0.1, 0.15) is 52.9 Å². The highest BCUT2D eigenvalue weighted by Gasteiger charge is 2.36. The second kappa shape index (κ2) is 4.66. The maximum absolute atomic E-state index is 10.1. The van der Waals surface area contributed by atoms with Crippen molar-refractivity contribution in [1.29, 1.82) is 0 Å². The van der Waals surface area contributed by atoms with Gasteiger partial charge in [-0.25, -0.2) is 0 Å². The number of rotatable bonds is 2. The molecule has 2 fully saturated rings. The van der Waals surface area contributed by atoms with E-state index in [-0.39, 0.29) is 6.10 Å². The lowest BCUT2D eigenvalue weighted by Gasteiger charge is -2.39. The lowest BCUT2D eigenvalue weighted by atomic mass is 9.80. The van der Waals surface area contributed by atoms with Crippen molar-refractivity contribution in [3.8, 4) is 0 Å². The van der Waals surface area contributed by atoms with Gasteiger partial charge in [0.1, 0.15) is 0 Å². The van der Waals surface area contributed by atoms with E-state index in [1.165, 1.54) is 32.2 Å². The van der Waals surface area contributed by atoms with E-state index in [1.54, 1.807) is 0 Å². The van der Waals surface area contributed by atoms with Crippen molar-refractivity contribution in [2.24, 2.45) is 11.8 Å². The predicted octanol–water partition coefficient (Wildman–Crippen LogP) is 2.66. The second-order valence-electron chi connectivity index (χ2n) is 6.61. The van der Waals surface area contributed by atoms with Gasteiger partial charge in [0.15, 0.2) is 0 Å². The van der Waals surface area contributed by atoms with Crippen LogP contribution in [-0.4, -0.2) is 34.7 Å². The molecule has 1 aliphatic carbocycles. The van der Waals surface area contributed by atoms with Gasteiger partial charge >= 0.3 is 0 Å². The molecule has 2 heteroatoms. The van der Waals surface area contributed by atoms with Gasteiger partial charge in [0.25, 0.3) is 0 Å². The van der Waals surface area contributed by atoms with E-state index in [1.807, 2.05) is 0 Å². The molecule has 1 heterocycles. The van der Waals surface area contributed by atoms with E-state index in [9.17, 15) is 5.11 Å². The molecule has 0 spiro atoms. The lowest BCUT2D eigenvalue weighted by Crippen LogP contribution is -2.45. The third-order valence-corrected chi connectivity index (χ3v) is 4.73. The van der Waals surface area contributed by atoms with E-state index in [4.69, 9.17) is 0 Å². The smallest absolute Gasteiger partial charge is 0.0580 e. The Morgan fingerprint density at radius 1 is 1.31 bits per heavy atom. The largest absolute Gasteiger partial charge is 0.393 e. The maximum atomic E-state index is 10.1. The van der Waals surface area contributed by atoms with E-state index in [2.05, 4.69) is 25.7 Å². The fourth-order valence-electron chi connectivity index (χ4n) is 3.46. The first-order valence-corrected chi connectivity index (χ1v) is 6.92. The Morgan fingerprint density at radius 3 is 2.69 bits per heavy atom. The average Bonchev–Trinajstić information content (AvgIpc) is 2.52. The number of aliphatic hydroxyl groups is 1. The highest BCUT2D eigenvalue weighted by molar-refractivity contribution is 4.91. The molecule has 1 aliphatic heterocycles. The summed E-state index contributed by atoms with van der Waals surface area (Å²) in [6.07, 6.45) is 6.03. The zero-order chi connectivity index (χ0) is 11.8. The van der Waals surface area contributed by atoms with Gasteiger partial charge in [-0.1, -0.05) is 6.92 Å². The van der Waals surface area contributed by atoms with Crippen molar-refractivity contribution in [3.05, 3.63) is 0 Å². The van der Waals surface area contributed by atoms with Crippen molar-refractivity contribution in [3.63, 3.8) is 0 Å². The van der Waals surface area contributed by atoms with Crippen LogP contribution in [0.25, 0.3) is 0 Å². The predicted molar refractivity (Wildman–Crippen MR) is 67.4 cm³/mol. The SMILES string of the molecule is CC1CCC(O)C(CN2CCCC2(C)C)C1. The fourth-order valence-corrected chi connectivity index (χ4v) is 3.46. The summed E-state index contributed by atoms with van der Waals surface area (Å²) in [7, 11) is 0. The summed E-state index contributed by atoms with van der Waals surface area (Å²) >= 11 is 0. The molecule has 0 amide bonds. The Morgan fingerprint density at radius 2 is 2.06 bits per heavy atom. The number of likely N-dealkylation sites (tertiary alicyclic amines) is 1. The normalized spacial score (nSPS) is 40.1. The van der Waals surface area contributed by atoms with Crippen molar-refractivity contribution >= 4 is 0 Å². The van der Waals surface area contributed by atoms with Crippen molar-refractivity contribution < 1.29 is 5.11 Å². The standard InChI is InChI=1S/C14H27NO/c1-11-5-6-13(16)12(9-11)10-15-8-4-7-14(15,2)3/h11-13,16H,4-10H2,1-3H3. The van der Waals surface area contributed by atoms with Crippen LogP contribution in [0, 0.1) is 11.8 Å². The summed E-state index contributed by atoms with van der Waals surface area (Å²) in [6.45, 7) is 9.36. The molecule has 1 saturated heterocycles. The Hall–Kier alpha value is -0.0800. The van der Waals surface area contributed by atoms with Gasteiger partial charge in [-0.3, -0.25) is 4.90 Å².